The molecule has 0 spiro atoms. The van der Waals surface area contributed by atoms with Crippen LogP contribution in [0.25, 0.3) is 0 Å². The minimum Gasteiger partial charge on any atom is -0.491 e. The molecule has 2 nitrogen and oxygen atoms in total. The zero-order chi connectivity index (χ0) is 14.3. The predicted molar refractivity (Wildman–Crippen MR) is 81.6 cm³/mol. The van der Waals surface area contributed by atoms with E-state index < -0.39 is 0 Å². The summed E-state index contributed by atoms with van der Waals surface area (Å²) in [5, 5.41) is 4.09. The van der Waals surface area contributed by atoms with E-state index in [0.29, 0.717) is 18.1 Å². The molecule has 0 heterocycles. The third-order valence-corrected chi connectivity index (χ3v) is 2.81. The maximum Gasteiger partial charge on any atom is 0.142 e. The number of nitrogens with one attached hydrogen (secondary N) is 1. The molecule has 1 rings (SSSR count). The number of hydrogen-bond donors (Lipinski definition) is 1. The second kappa shape index (κ2) is 7.43. The van der Waals surface area contributed by atoms with E-state index in [1.165, 1.54) is 0 Å². The van der Waals surface area contributed by atoms with Gasteiger partial charge in [0, 0.05) is 24.1 Å². The van der Waals surface area contributed by atoms with E-state index in [2.05, 4.69) is 37.9 Å². The summed E-state index contributed by atoms with van der Waals surface area (Å²) in [7, 11) is 0. The Bertz CT molecular complexity index is 466. The quantitative estimate of drug-likeness (QED) is 0.649. The van der Waals surface area contributed by atoms with Crippen molar-refractivity contribution in [2.24, 2.45) is 0 Å². The molecule has 0 bridgehead atoms. The maximum absolute atomic E-state index is 6.20. The van der Waals surface area contributed by atoms with E-state index in [1.807, 2.05) is 25.1 Å². The average Bonchev–Trinajstić information content (AvgIpc) is 2.33. The average molecular weight is 280 g/mol. The molecule has 0 saturated heterocycles. The predicted octanol–water partition coefficient (Wildman–Crippen LogP) is 4.02. The zero-order valence-corrected chi connectivity index (χ0v) is 12.9. The Morgan fingerprint density at radius 3 is 2.68 bits per heavy atom. The first-order valence-corrected chi connectivity index (χ1v) is 6.86. The summed E-state index contributed by atoms with van der Waals surface area (Å²) in [6.45, 7) is 9.53. The molecule has 0 saturated carbocycles. The lowest BCUT2D eigenvalue weighted by Crippen LogP contribution is -2.35. The van der Waals surface area contributed by atoms with E-state index in [1.54, 1.807) is 0 Å². The fourth-order valence-electron chi connectivity index (χ4n) is 1.54. The number of benzene rings is 1. The van der Waals surface area contributed by atoms with Crippen molar-refractivity contribution in [2.75, 3.05) is 6.61 Å². The van der Waals surface area contributed by atoms with Crippen LogP contribution in [-0.2, 0) is 6.54 Å². The highest BCUT2D eigenvalue weighted by molar-refractivity contribution is 6.32. The van der Waals surface area contributed by atoms with Crippen molar-refractivity contribution in [3.05, 3.63) is 28.8 Å². The Balaban J connectivity index is 2.73. The Labute approximate surface area is 121 Å². The molecule has 19 heavy (non-hydrogen) atoms. The number of ether oxygens (including phenoxy) is 1. The van der Waals surface area contributed by atoms with E-state index >= 15 is 0 Å². The highest BCUT2D eigenvalue weighted by Crippen LogP contribution is 2.29. The standard InChI is InChI=1S/C16H22ClNO/c1-5-6-7-11-19-15-13(9-8-10-14(15)17)12-18-16(2,3)4/h8-10,18H,7,11-12H2,1-4H3. The smallest absolute Gasteiger partial charge is 0.142 e. The fraction of sp³-hybridized carbons (Fsp3) is 0.500. The van der Waals surface area contributed by atoms with E-state index in [0.717, 1.165) is 17.9 Å². The molecule has 0 aliphatic rings. The molecule has 0 unspecified atom stereocenters. The first kappa shape index (κ1) is 15.9. The van der Waals surface area contributed by atoms with Crippen molar-refractivity contribution in [3.63, 3.8) is 0 Å². The normalized spacial score (nSPS) is 10.8. The van der Waals surface area contributed by atoms with Gasteiger partial charge in [0.05, 0.1) is 11.6 Å². The summed E-state index contributed by atoms with van der Waals surface area (Å²) >= 11 is 6.20. The van der Waals surface area contributed by atoms with Crippen molar-refractivity contribution < 1.29 is 4.74 Å². The molecule has 0 fully saturated rings. The van der Waals surface area contributed by atoms with Crippen LogP contribution >= 0.6 is 11.6 Å². The summed E-state index contributed by atoms with van der Waals surface area (Å²) in [4.78, 5) is 0. The molecule has 104 valence electrons. The molecular weight excluding hydrogens is 258 g/mol. The molecule has 0 aliphatic carbocycles. The van der Waals surface area contributed by atoms with E-state index in [9.17, 15) is 0 Å². The molecule has 0 radical (unpaired) electrons. The summed E-state index contributed by atoms with van der Waals surface area (Å²) in [5.74, 6) is 6.60. The van der Waals surface area contributed by atoms with Crippen LogP contribution in [0, 0.1) is 11.8 Å². The monoisotopic (exact) mass is 279 g/mol. The van der Waals surface area contributed by atoms with Crippen molar-refractivity contribution >= 4 is 11.6 Å². The van der Waals surface area contributed by atoms with Crippen molar-refractivity contribution in [1.29, 1.82) is 0 Å². The Morgan fingerprint density at radius 2 is 2.05 bits per heavy atom. The minimum atomic E-state index is 0.0628. The third kappa shape index (κ3) is 6.00. The van der Waals surface area contributed by atoms with Crippen molar-refractivity contribution in [3.8, 4) is 17.6 Å². The van der Waals surface area contributed by atoms with Crippen LogP contribution in [0.1, 0.15) is 39.7 Å². The maximum atomic E-state index is 6.20. The topological polar surface area (TPSA) is 21.3 Å². The molecule has 1 aromatic rings. The lowest BCUT2D eigenvalue weighted by molar-refractivity contribution is 0.320. The van der Waals surface area contributed by atoms with Crippen LogP contribution in [0.2, 0.25) is 5.02 Å². The largest absolute Gasteiger partial charge is 0.491 e. The lowest BCUT2D eigenvalue weighted by Gasteiger charge is -2.22. The molecule has 0 amide bonds. The highest BCUT2D eigenvalue weighted by atomic mass is 35.5. The van der Waals surface area contributed by atoms with Gasteiger partial charge in [0.15, 0.2) is 0 Å². The molecular formula is C16H22ClNO. The summed E-state index contributed by atoms with van der Waals surface area (Å²) in [6.07, 6.45) is 0.716. The van der Waals surface area contributed by atoms with Gasteiger partial charge in [0.2, 0.25) is 0 Å². The van der Waals surface area contributed by atoms with Crippen molar-refractivity contribution in [2.45, 2.75) is 46.2 Å². The van der Waals surface area contributed by atoms with Crippen LogP contribution in [-0.4, -0.2) is 12.1 Å². The molecule has 3 heteroatoms. The van der Waals surface area contributed by atoms with Gasteiger partial charge in [-0.2, -0.15) is 0 Å². The summed E-state index contributed by atoms with van der Waals surface area (Å²) in [6, 6.07) is 5.83. The second-order valence-corrected chi connectivity index (χ2v) is 5.76. The van der Waals surface area contributed by atoms with Gasteiger partial charge < -0.3 is 10.1 Å². The zero-order valence-electron chi connectivity index (χ0n) is 12.1. The van der Waals surface area contributed by atoms with Crippen molar-refractivity contribution in [1.82, 2.24) is 5.32 Å². The van der Waals surface area contributed by atoms with Crippen LogP contribution in [0.3, 0.4) is 0 Å². The van der Waals surface area contributed by atoms with E-state index in [-0.39, 0.29) is 5.54 Å². The molecule has 1 aromatic carbocycles. The minimum absolute atomic E-state index is 0.0628. The molecule has 0 aliphatic heterocycles. The van der Waals surface area contributed by atoms with Gasteiger partial charge in [-0.15, -0.1) is 11.8 Å². The first-order chi connectivity index (χ1) is 8.94. The van der Waals surface area contributed by atoms with Crippen LogP contribution in [0.5, 0.6) is 5.75 Å². The van der Waals surface area contributed by atoms with Crippen LogP contribution in [0.15, 0.2) is 18.2 Å². The van der Waals surface area contributed by atoms with Gasteiger partial charge in [-0.3, -0.25) is 0 Å². The van der Waals surface area contributed by atoms with Gasteiger partial charge in [-0.1, -0.05) is 23.7 Å². The van der Waals surface area contributed by atoms with Gasteiger partial charge in [0.1, 0.15) is 5.75 Å². The fourth-order valence-corrected chi connectivity index (χ4v) is 1.79. The SMILES string of the molecule is CC#CCCOc1c(Cl)cccc1CNC(C)(C)C. The number of halogens is 1. The summed E-state index contributed by atoms with van der Waals surface area (Å²) in [5.41, 5.74) is 1.14. The Kier molecular flexibility index (Phi) is 6.21. The number of para-hydroxylation sites is 1. The summed E-state index contributed by atoms with van der Waals surface area (Å²) < 4.78 is 5.76. The van der Waals surface area contributed by atoms with Crippen LogP contribution < -0.4 is 10.1 Å². The Morgan fingerprint density at radius 1 is 1.32 bits per heavy atom. The highest BCUT2D eigenvalue weighted by Gasteiger charge is 2.12. The van der Waals surface area contributed by atoms with Gasteiger partial charge in [0.25, 0.3) is 0 Å². The van der Waals surface area contributed by atoms with Crippen LogP contribution in [0.4, 0.5) is 0 Å². The molecule has 0 aromatic heterocycles. The first-order valence-electron chi connectivity index (χ1n) is 6.49. The molecule has 0 atom stereocenters. The van der Waals surface area contributed by atoms with Gasteiger partial charge in [-0.05, 0) is 33.8 Å². The van der Waals surface area contributed by atoms with E-state index in [4.69, 9.17) is 16.3 Å². The molecule has 1 N–H and O–H groups in total. The second-order valence-electron chi connectivity index (χ2n) is 5.36. The number of rotatable bonds is 5. The number of hydrogen-bond acceptors (Lipinski definition) is 2. The van der Waals surface area contributed by atoms with Gasteiger partial charge in [-0.25, -0.2) is 0 Å². The lowest BCUT2D eigenvalue weighted by atomic mass is 10.1. The van der Waals surface area contributed by atoms with Gasteiger partial charge >= 0.3 is 0 Å². The Hall–Kier alpha value is -1.17. The third-order valence-electron chi connectivity index (χ3n) is 2.51.